The molecule has 5 heteroatoms. The first kappa shape index (κ1) is 13.0. The Labute approximate surface area is 107 Å². The van der Waals surface area contributed by atoms with E-state index in [4.69, 9.17) is 0 Å². The lowest BCUT2D eigenvalue weighted by molar-refractivity contribution is 0.596. The molecule has 4 nitrogen and oxygen atoms in total. The van der Waals surface area contributed by atoms with E-state index >= 15 is 0 Å². The lowest BCUT2D eigenvalue weighted by Crippen LogP contribution is -2.22. The molecule has 0 saturated heterocycles. The van der Waals surface area contributed by atoms with Gasteiger partial charge in [0.2, 0.25) is 0 Å². The van der Waals surface area contributed by atoms with Gasteiger partial charge >= 0.3 is 0 Å². The molecule has 0 radical (unpaired) electrons. The summed E-state index contributed by atoms with van der Waals surface area (Å²) in [5.41, 5.74) is 1.16. The van der Waals surface area contributed by atoms with Crippen LogP contribution in [0.1, 0.15) is 5.56 Å². The van der Waals surface area contributed by atoms with Crippen LogP contribution in [0.25, 0.3) is 10.8 Å². The van der Waals surface area contributed by atoms with E-state index in [-0.39, 0.29) is 5.75 Å². The Morgan fingerprint density at radius 3 is 2.89 bits per heavy atom. The number of benzene rings is 1. The topological polar surface area (TPSA) is 59.1 Å². The van der Waals surface area contributed by atoms with E-state index in [2.05, 4.69) is 10.3 Å². The number of nitrogens with one attached hydrogen (secondary N) is 1. The zero-order valence-electron chi connectivity index (χ0n) is 10.3. The highest BCUT2D eigenvalue weighted by Crippen LogP contribution is 2.16. The maximum atomic E-state index is 11.0. The number of aromatic nitrogens is 1. The minimum Gasteiger partial charge on any atom is -0.312 e. The molecule has 1 aromatic heterocycles. The lowest BCUT2D eigenvalue weighted by atomic mass is 10.1. The fraction of sp³-hybridized carbons (Fsp3) is 0.308. The molecule has 2 rings (SSSR count). The number of hydrogen-bond acceptors (Lipinski definition) is 4. The van der Waals surface area contributed by atoms with Crippen molar-refractivity contribution in [2.45, 2.75) is 6.54 Å². The Balaban J connectivity index is 2.04. The summed E-state index contributed by atoms with van der Waals surface area (Å²) in [5, 5.41) is 5.40. The highest BCUT2D eigenvalue weighted by molar-refractivity contribution is 7.90. The molecule has 1 aromatic carbocycles. The smallest absolute Gasteiger partial charge is 0.148 e. The van der Waals surface area contributed by atoms with Crippen molar-refractivity contribution in [1.29, 1.82) is 0 Å². The fourth-order valence-electron chi connectivity index (χ4n) is 1.82. The van der Waals surface area contributed by atoms with Gasteiger partial charge in [-0.15, -0.1) is 0 Å². The van der Waals surface area contributed by atoms with Crippen molar-refractivity contribution in [2.75, 3.05) is 18.6 Å². The van der Waals surface area contributed by atoms with Crippen molar-refractivity contribution in [2.24, 2.45) is 0 Å². The standard InChI is InChI=1S/C13H16N2O2S/c1-18(16,17)8-7-15-10-12-4-2-3-11-9-14-6-5-13(11)12/h2-6,9,15H,7-8,10H2,1H3. The maximum absolute atomic E-state index is 11.0. The number of pyridine rings is 1. The van der Waals surface area contributed by atoms with Crippen LogP contribution in [-0.4, -0.2) is 32.0 Å². The summed E-state index contributed by atoms with van der Waals surface area (Å²) < 4.78 is 22.0. The SMILES string of the molecule is CS(=O)(=O)CCNCc1cccc2cnccc12. The molecule has 0 aliphatic heterocycles. The normalized spacial score (nSPS) is 11.8. The van der Waals surface area contributed by atoms with Gasteiger partial charge in [0.15, 0.2) is 0 Å². The van der Waals surface area contributed by atoms with Gasteiger partial charge in [-0.25, -0.2) is 8.42 Å². The number of nitrogens with zero attached hydrogens (tertiary/aromatic N) is 1. The van der Waals surface area contributed by atoms with Crippen LogP contribution in [0, 0.1) is 0 Å². The van der Waals surface area contributed by atoms with Crippen LogP contribution in [-0.2, 0) is 16.4 Å². The van der Waals surface area contributed by atoms with Gasteiger partial charge in [0.25, 0.3) is 0 Å². The van der Waals surface area contributed by atoms with Crippen molar-refractivity contribution >= 4 is 20.6 Å². The van der Waals surface area contributed by atoms with E-state index in [0.717, 1.165) is 16.3 Å². The second kappa shape index (κ2) is 5.46. The predicted molar refractivity (Wildman–Crippen MR) is 73.2 cm³/mol. The first-order valence-electron chi connectivity index (χ1n) is 5.76. The van der Waals surface area contributed by atoms with Gasteiger partial charge in [0, 0.05) is 37.1 Å². The molecule has 0 amide bonds. The molecule has 18 heavy (non-hydrogen) atoms. The van der Waals surface area contributed by atoms with E-state index in [9.17, 15) is 8.42 Å². The number of fused-ring (bicyclic) bond motifs is 1. The van der Waals surface area contributed by atoms with Crippen LogP contribution in [0.15, 0.2) is 36.7 Å². The molecule has 0 unspecified atom stereocenters. The Hall–Kier alpha value is -1.46. The third kappa shape index (κ3) is 3.51. The van der Waals surface area contributed by atoms with Crippen molar-refractivity contribution < 1.29 is 8.42 Å². The molecule has 1 N–H and O–H groups in total. The lowest BCUT2D eigenvalue weighted by Gasteiger charge is -2.07. The van der Waals surface area contributed by atoms with Crippen LogP contribution in [0.3, 0.4) is 0 Å². The minimum absolute atomic E-state index is 0.166. The van der Waals surface area contributed by atoms with Crippen LogP contribution in [0.2, 0.25) is 0 Å². The molecule has 0 aliphatic rings. The highest BCUT2D eigenvalue weighted by atomic mass is 32.2. The average molecular weight is 264 g/mol. The molecular weight excluding hydrogens is 248 g/mol. The van der Waals surface area contributed by atoms with Gasteiger partial charge in [0.05, 0.1) is 5.75 Å². The number of rotatable bonds is 5. The summed E-state index contributed by atoms with van der Waals surface area (Å²) in [7, 11) is -2.89. The summed E-state index contributed by atoms with van der Waals surface area (Å²) in [6.45, 7) is 1.14. The zero-order chi connectivity index (χ0) is 13.0. The molecule has 0 atom stereocenters. The Morgan fingerprint density at radius 2 is 2.11 bits per heavy atom. The van der Waals surface area contributed by atoms with Gasteiger partial charge in [-0.3, -0.25) is 4.98 Å². The number of sulfone groups is 1. The van der Waals surface area contributed by atoms with Crippen LogP contribution >= 0.6 is 0 Å². The zero-order valence-corrected chi connectivity index (χ0v) is 11.1. The molecule has 0 saturated carbocycles. The van der Waals surface area contributed by atoms with Gasteiger partial charge in [-0.2, -0.15) is 0 Å². The molecule has 0 spiro atoms. The summed E-state index contributed by atoms with van der Waals surface area (Å²) in [6.07, 6.45) is 4.84. The second-order valence-corrected chi connectivity index (χ2v) is 6.58. The Kier molecular flexibility index (Phi) is 3.93. The van der Waals surface area contributed by atoms with Crippen molar-refractivity contribution in [1.82, 2.24) is 10.3 Å². The molecule has 96 valence electrons. The second-order valence-electron chi connectivity index (χ2n) is 4.32. The summed E-state index contributed by atoms with van der Waals surface area (Å²) in [4.78, 5) is 4.08. The molecule has 1 heterocycles. The van der Waals surface area contributed by atoms with Crippen molar-refractivity contribution in [3.8, 4) is 0 Å². The van der Waals surface area contributed by atoms with Crippen molar-refractivity contribution in [3.63, 3.8) is 0 Å². The monoisotopic (exact) mass is 264 g/mol. The van der Waals surface area contributed by atoms with Gasteiger partial charge in [-0.1, -0.05) is 18.2 Å². The Bertz CT molecular complexity index is 633. The summed E-state index contributed by atoms with van der Waals surface area (Å²) in [6, 6.07) is 8.01. The van der Waals surface area contributed by atoms with E-state index in [1.165, 1.54) is 6.26 Å². The molecule has 2 aromatic rings. The highest BCUT2D eigenvalue weighted by Gasteiger charge is 2.03. The third-order valence-corrected chi connectivity index (χ3v) is 3.68. The van der Waals surface area contributed by atoms with E-state index in [1.807, 2.05) is 30.5 Å². The average Bonchev–Trinajstić information content (AvgIpc) is 2.33. The van der Waals surface area contributed by atoms with E-state index in [1.54, 1.807) is 6.20 Å². The number of hydrogen-bond donors (Lipinski definition) is 1. The van der Waals surface area contributed by atoms with Gasteiger partial charge in [0.1, 0.15) is 9.84 Å². The summed E-state index contributed by atoms with van der Waals surface area (Å²) in [5.74, 6) is 0.166. The Morgan fingerprint density at radius 1 is 1.28 bits per heavy atom. The van der Waals surface area contributed by atoms with Crippen LogP contribution < -0.4 is 5.32 Å². The minimum atomic E-state index is -2.89. The molecule has 0 fully saturated rings. The van der Waals surface area contributed by atoms with E-state index < -0.39 is 9.84 Å². The predicted octanol–water partition coefficient (Wildman–Crippen LogP) is 1.37. The fourth-order valence-corrected chi connectivity index (χ4v) is 2.34. The van der Waals surface area contributed by atoms with Gasteiger partial charge in [-0.05, 0) is 17.0 Å². The quantitative estimate of drug-likeness (QED) is 0.829. The third-order valence-electron chi connectivity index (χ3n) is 2.74. The molecular formula is C13H16N2O2S. The van der Waals surface area contributed by atoms with Crippen molar-refractivity contribution in [3.05, 3.63) is 42.2 Å². The molecule has 0 bridgehead atoms. The van der Waals surface area contributed by atoms with Crippen LogP contribution in [0.4, 0.5) is 0 Å². The first-order chi connectivity index (χ1) is 8.56. The largest absolute Gasteiger partial charge is 0.312 e. The summed E-state index contributed by atoms with van der Waals surface area (Å²) >= 11 is 0. The maximum Gasteiger partial charge on any atom is 0.148 e. The van der Waals surface area contributed by atoms with Crippen LogP contribution in [0.5, 0.6) is 0 Å². The van der Waals surface area contributed by atoms with E-state index in [0.29, 0.717) is 13.1 Å². The first-order valence-corrected chi connectivity index (χ1v) is 7.82. The van der Waals surface area contributed by atoms with Gasteiger partial charge < -0.3 is 5.32 Å². The molecule has 0 aliphatic carbocycles.